The van der Waals surface area contributed by atoms with Crippen molar-refractivity contribution in [3.63, 3.8) is 0 Å². The van der Waals surface area contributed by atoms with Crippen LogP contribution in [0.1, 0.15) is 179 Å². The highest BCUT2D eigenvalue weighted by Gasteiger charge is 2.17. The number of aryl methyl sites for hydroxylation is 2. The van der Waals surface area contributed by atoms with E-state index in [0.717, 1.165) is 6.42 Å². The number of benzene rings is 1. The van der Waals surface area contributed by atoms with Gasteiger partial charge in [0.15, 0.2) is 0 Å². The van der Waals surface area contributed by atoms with E-state index in [1.54, 1.807) is 0 Å². The summed E-state index contributed by atoms with van der Waals surface area (Å²) >= 11 is 0. The van der Waals surface area contributed by atoms with Gasteiger partial charge >= 0.3 is 0 Å². The molecule has 0 bridgehead atoms. The molecule has 2 nitrogen and oxygen atoms in total. The van der Waals surface area contributed by atoms with Gasteiger partial charge in [0.25, 0.3) is 5.82 Å². The average Bonchev–Trinajstić information content (AvgIpc) is 3.35. The first-order chi connectivity index (χ1) is 19.8. The van der Waals surface area contributed by atoms with Crippen molar-refractivity contribution in [2.75, 3.05) is 0 Å². The molecular weight excluding hydrogens is 484 g/mol. The van der Waals surface area contributed by atoms with E-state index < -0.39 is 0 Å². The smallest absolute Gasteiger partial charge is 0.234 e. The molecule has 1 aromatic carbocycles. The number of hydrogen-bond donors (Lipinski definition) is 0. The van der Waals surface area contributed by atoms with E-state index in [1.165, 1.54) is 179 Å². The highest BCUT2D eigenvalue weighted by atomic mass is 15.1. The van der Waals surface area contributed by atoms with Gasteiger partial charge in [0.05, 0.1) is 19.5 Å². The Kier molecular flexibility index (Phi) is 21.8. The van der Waals surface area contributed by atoms with Crippen molar-refractivity contribution in [3.05, 3.63) is 54.1 Å². The summed E-state index contributed by atoms with van der Waals surface area (Å²) in [6, 6.07) is 11.1. The topological polar surface area (TPSA) is 8.81 Å². The number of rotatable bonds is 28. The molecule has 2 aromatic rings. The molecule has 228 valence electrons. The summed E-state index contributed by atoms with van der Waals surface area (Å²) in [5.74, 6) is 1.49. The zero-order valence-corrected chi connectivity index (χ0v) is 27.0. The van der Waals surface area contributed by atoms with Gasteiger partial charge in [0.2, 0.25) is 0 Å². The second kappa shape index (κ2) is 25.2. The van der Waals surface area contributed by atoms with Crippen LogP contribution >= 0.6 is 0 Å². The van der Waals surface area contributed by atoms with Crippen LogP contribution in [0.3, 0.4) is 0 Å². The van der Waals surface area contributed by atoms with Gasteiger partial charge in [-0.25, -0.2) is 9.13 Å². The van der Waals surface area contributed by atoms with Crippen LogP contribution in [0.2, 0.25) is 0 Å². The lowest BCUT2D eigenvalue weighted by atomic mass is 10.0. The van der Waals surface area contributed by atoms with Gasteiger partial charge in [-0.05, 0) is 31.2 Å². The van der Waals surface area contributed by atoms with E-state index in [-0.39, 0.29) is 0 Å². The molecule has 0 aliphatic carbocycles. The molecule has 0 fully saturated rings. The van der Waals surface area contributed by atoms with Crippen LogP contribution in [0.4, 0.5) is 0 Å². The Morgan fingerprint density at radius 2 is 0.925 bits per heavy atom. The summed E-state index contributed by atoms with van der Waals surface area (Å²) in [7, 11) is 0. The van der Waals surface area contributed by atoms with E-state index in [9.17, 15) is 0 Å². The van der Waals surface area contributed by atoms with Gasteiger partial charge in [-0.3, -0.25) is 0 Å². The second-order valence-electron chi connectivity index (χ2n) is 12.5. The Labute approximate surface area is 250 Å². The largest absolute Gasteiger partial charge is 0.260 e. The zero-order valence-electron chi connectivity index (χ0n) is 27.0. The van der Waals surface area contributed by atoms with Crippen LogP contribution in [-0.4, -0.2) is 4.57 Å². The van der Waals surface area contributed by atoms with Crippen molar-refractivity contribution in [1.82, 2.24) is 4.57 Å². The maximum absolute atomic E-state index is 2.56. The predicted molar refractivity (Wildman–Crippen MR) is 176 cm³/mol. The minimum atomic E-state index is 1.04. The van der Waals surface area contributed by atoms with Crippen molar-refractivity contribution < 1.29 is 4.57 Å². The van der Waals surface area contributed by atoms with E-state index in [2.05, 4.69) is 65.7 Å². The molecule has 40 heavy (non-hydrogen) atoms. The van der Waals surface area contributed by atoms with E-state index in [0.29, 0.717) is 0 Å². The standard InChI is InChI=1S/C38H67N2/c1-3-5-7-9-11-12-13-14-15-16-17-18-19-20-22-24-29-33-40-35-34-39(32-28-23-21-10-8-6-4-2)38(40)36-37-30-26-25-27-31-37/h25-27,30-31,34-35H,3-24,28-29,32-33,36H2,1-2H3/q+1. The summed E-state index contributed by atoms with van der Waals surface area (Å²) in [6.07, 6.45) is 39.8. The quantitative estimate of drug-likeness (QED) is 0.0734. The van der Waals surface area contributed by atoms with Crippen molar-refractivity contribution in [3.8, 4) is 0 Å². The first-order valence-electron chi connectivity index (χ1n) is 18.0. The predicted octanol–water partition coefficient (Wildman–Crippen LogP) is 11.8. The monoisotopic (exact) mass is 552 g/mol. The van der Waals surface area contributed by atoms with Crippen LogP contribution < -0.4 is 4.57 Å². The fourth-order valence-electron chi connectivity index (χ4n) is 6.13. The van der Waals surface area contributed by atoms with Crippen LogP contribution in [0.25, 0.3) is 0 Å². The molecule has 1 aromatic heterocycles. The fourth-order valence-corrected chi connectivity index (χ4v) is 6.13. The maximum atomic E-state index is 2.56. The van der Waals surface area contributed by atoms with Crippen LogP contribution in [0, 0.1) is 0 Å². The van der Waals surface area contributed by atoms with Crippen molar-refractivity contribution in [2.45, 2.75) is 187 Å². The van der Waals surface area contributed by atoms with Gasteiger partial charge in [-0.1, -0.05) is 173 Å². The lowest BCUT2D eigenvalue weighted by Gasteiger charge is -2.07. The van der Waals surface area contributed by atoms with Crippen molar-refractivity contribution in [2.24, 2.45) is 0 Å². The van der Waals surface area contributed by atoms with Gasteiger partial charge in [-0.2, -0.15) is 0 Å². The van der Waals surface area contributed by atoms with Crippen molar-refractivity contribution in [1.29, 1.82) is 0 Å². The highest BCUT2D eigenvalue weighted by Crippen LogP contribution is 2.15. The Balaban J connectivity index is 1.56. The first-order valence-corrected chi connectivity index (χ1v) is 18.0. The second-order valence-corrected chi connectivity index (χ2v) is 12.5. The number of aromatic nitrogens is 2. The van der Waals surface area contributed by atoms with Gasteiger partial charge in [-0.15, -0.1) is 0 Å². The van der Waals surface area contributed by atoms with Crippen LogP contribution in [-0.2, 0) is 19.5 Å². The Hall–Kier alpha value is -1.57. The van der Waals surface area contributed by atoms with Gasteiger partial charge < -0.3 is 0 Å². The number of imidazole rings is 1. The first kappa shape index (κ1) is 34.6. The lowest BCUT2D eigenvalue weighted by Crippen LogP contribution is -2.37. The molecule has 0 saturated heterocycles. The highest BCUT2D eigenvalue weighted by molar-refractivity contribution is 5.18. The molecule has 0 saturated carbocycles. The summed E-state index contributed by atoms with van der Waals surface area (Å²) in [4.78, 5) is 0. The number of hydrogen-bond acceptors (Lipinski definition) is 0. The molecule has 0 amide bonds. The number of unbranched alkanes of at least 4 members (excludes halogenated alkanes) is 22. The fraction of sp³-hybridized carbons (Fsp3) is 0.763. The van der Waals surface area contributed by atoms with Crippen molar-refractivity contribution >= 4 is 0 Å². The average molecular weight is 552 g/mol. The summed E-state index contributed by atoms with van der Waals surface area (Å²) in [5, 5.41) is 0. The third kappa shape index (κ3) is 17.3. The Morgan fingerprint density at radius 3 is 1.40 bits per heavy atom. The minimum Gasteiger partial charge on any atom is -0.234 e. The third-order valence-electron chi connectivity index (χ3n) is 8.80. The molecular formula is C38H67N2+. The number of nitrogens with zero attached hydrogens (tertiary/aromatic N) is 2. The lowest BCUT2D eigenvalue weighted by molar-refractivity contribution is -0.703. The molecule has 0 radical (unpaired) electrons. The minimum absolute atomic E-state index is 1.04. The van der Waals surface area contributed by atoms with Gasteiger partial charge in [0.1, 0.15) is 12.4 Å². The Morgan fingerprint density at radius 1 is 0.500 bits per heavy atom. The molecule has 0 spiro atoms. The molecule has 0 atom stereocenters. The molecule has 0 aliphatic heterocycles. The third-order valence-corrected chi connectivity index (χ3v) is 8.80. The summed E-state index contributed by atoms with van der Waals surface area (Å²) in [5.41, 5.74) is 1.43. The van der Waals surface area contributed by atoms with Crippen LogP contribution in [0.5, 0.6) is 0 Å². The maximum Gasteiger partial charge on any atom is 0.260 e. The van der Waals surface area contributed by atoms with E-state index >= 15 is 0 Å². The molecule has 2 rings (SSSR count). The van der Waals surface area contributed by atoms with E-state index in [4.69, 9.17) is 0 Å². The SMILES string of the molecule is CCCCCCCCCCCCCCCCCCCn1cc[n+](CCCCCCCCC)c1Cc1ccccc1. The molecule has 2 heteroatoms. The summed E-state index contributed by atoms with van der Waals surface area (Å²) < 4.78 is 5.10. The normalized spacial score (nSPS) is 11.4. The van der Waals surface area contributed by atoms with Crippen LogP contribution in [0.15, 0.2) is 42.7 Å². The molecule has 0 N–H and O–H groups in total. The molecule has 1 heterocycles. The van der Waals surface area contributed by atoms with Gasteiger partial charge in [0, 0.05) is 0 Å². The Bertz CT molecular complexity index is 793. The molecule has 0 aliphatic rings. The van der Waals surface area contributed by atoms with E-state index in [1.807, 2.05) is 0 Å². The summed E-state index contributed by atoms with van der Waals surface area (Å²) in [6.45, 7) is 6.95. The molecule has 0 unspecified atom stereocenters. The zero-order chi connectivity index (χ0) is 28.4.